The van der Waals surface area contributed by atoms with Gasteiger partial charge in [0.15, 0.2) is 5.65 Å². The van der Waals surface area contributed by atoms with Gasteiger partial charge in [-0.15, -0.1) is 0 Å². The molecule has 2 aliphatic rings. The summed E-state index contributed by atoms with van der Waals surface area (Å²) in [7, 11) is 5.56. The molecule has 0 aliphatic carbocycles. The van der Waals surface area contributed by atoms with Crippen LogP contribution >= 0.6 is 0 Å². The Morgan fingerprint density at radius 3 is 2.70 bits per heavy atom. The van der Waals surface area contributed by atoms with E-state index in [1.54, 1.807) is 14.2 Å². The average molecular weight is 498 g/mol. The number of likely N-dealkylation sites (N-methyl/N-ethyl adjacent to an activating group) is 1. The van der Waals surface area contributed by atoms with Gasteiger partial charge in [0.05, 0.1) is 25.1 Å². The quantitative estimate of drug-likeness (QED) is 0.446. The minimum absolute atomic E-state index is 0.0413. The van der Waals surface area contributed by atoms with E-state index < -0.39 is 0 Å². The standard InChI is InChI=1S/C29H31N5O3/c1-33-10-8-20-12-21(13-26(37-3)24(20)17-33)25-15-31-28-27(32-25)23(14-30-28)18-4-6-19(7-5-18)29(35)34-11-9-22(16-34)36-2/h4-7,12-15,22H,8-11,16-17H2,1-3H3,(H,30,31)/t22-/m0/s1. The Labute approximate surface area is 216 Å². The number of nitrogens with zero attached hydrogens (tertiary/aromatic N) is 4. The van der Waals surface area contributed by atoms with Gasteiger partial charge in [0.1, 0.15) is 11.3 Å². The first-order chi connectivity index (χ1) is 18.0. The van der Waals surface area contributed by atoms with E-state index in [1.165, 1.54) is 11.1 Å². The Morgan fingerprint density at radius 2 is 1.95 bits per heavy atom. The Bertz CT molecular complexity index is 1450. The zero-order valence-electron chi connectivity index (χ0n) is 21.5. The molecule has 1 fully saturated rings. The van der Waals surface area contributed by atoms with Crippen LogP contribution < -0.4 is 4.74 Å². The molecule has 0 radical (unpaired) electrons. The molecular weight excluding hydrogens is 466 g/mol. The van der Waals surface area contributed by atoms with Crippen LogP contribution in [-0.2, 0) is 17.7 Å². The molecule has 190 valence electrons. The number of hydrogen-bond donors (Lipinski definition) is 1. The summed E-state index contributed by atoms with van der Waals surface area (Å²) in [6.07, 6.45) is 5.72. The van der Waals surface area contributed by atoms with Gasteiger partial charge in [-0.3, -0.25) is 4.79 Å². The van der Waals surface area contributed by atoms with Crippen LogP contribution in [0.15, 0.2) is 48.8 Å². The van der Waals surface area contributed by atoms with E-state index in [4.69, 9.17) is 14.5 Å². The Kier molecular flexibility index (Phi) is 6.14. The lowest BCUT2D eigenvalue weighted by molar-refractivity contribution is 0.0724. The van der Waals surface area contributed by atoms with Crippen LogP contribution in [0.4, 0.5) is 0 Å². The maximum Gasteiger partial charge on any atom is 0.253 e. The number of aromatic nitrogens is 3. The van der Waals surface area contributed by atoms with Crippen LogP contribution in [0, 0.1) is 0 Å². The number of aromatic amines is 1. The fourth-order valence-corrected chi connectivity index (χ4v) is 5.43. The van der Waals surface area contributed by atoms with Gasteiger partial charge < -0.3 is 24.3 Å². The number of likely N-dealkylation sites (tertiary alicyclic amines) is 1. The Balaban J connectivity index is 1.31. The number of H-pyrrole nitrogens is 1. The number of ether oxygens (including phenoxy) is 2. The number of nitrogens with one attached hydrogen (secondary N) is 1. The maximum absolute atomic E-state index is 12.9. The molecule has 0 saturated carbocycles. The first kappa shape index (κ1) is 23.6. The highest BCUT2D eigenvalue weighted by molar-refractivity contribution is 5.96. The summed E-state index contributed by atoms with van der Waals surface area (Å²) in [5.74, 6) is 0.935. The third-order valence-electron chi connectivity index (χ3n) is 7.60. The molecule has 0 bridgehead atoms. The summed E-state index contributed by atoms with van der Waals surface area (Å²) in [6.45, 7) is 3.27. The van der Waals surface area contributed by atoms with Crippen molar-refractivity contribution in [2.75, 3.05) is 40.9 Å². The van der Waals surface area contributed by atoms with Gasteiger partial charge >= 0.3 is 0 Å². The van der Waals surface area contributed by atoms with Crippen LogP contribution in [-0.4, -0.2) is 77.7 Å². The molecule has 6 rings (SSSR count). The van der Waals surface area contributed by atoms with E-state index in [1.807, 2.05) is 41.6 Å². The van der Waals surface area contributed by atoms with Crippen molar-refractivity contribution >= 4 is 17.1 Å². The molecule has 1 N–H and O–H groups in total. The molecule has 37 heavy (non-hydrogen) atoms. The Morgan fingerprint density at radius 1 is 1.11 bits per heavy atom. The smallest absolute Gasteiger partial charge is 0.253 e. The second-order valence-electron chi connectivity index (χ2n) is 9.93. The van der Waals surface area contributed by atoms with E-state index in [-0.39, 0.29) is 12.0 Å². The lowest BCUT2D eigenvalue weighted by atomic mass is 9.95. The van der Waals surface area contributed by atoms with E-state index in [0.717, 1.165) is 71.8 Å². The molecule has 0 unspecified atom stereocenters. The fourth-order valence-electron chi connectivity index (χ4n) is 5.43. The molecular formula is C29H31N5O3. The predicted molar refractivity (Wildman–Crippen MR) is 143 cm³/mol. The third kappa shape index (κ3) is 4.36. The molecule has 1 atom stereocenters. The van der Waals surface area contributed by atoms with Crippen molar-refractivity contribution in [3.8, 4) is 28.1 Å². The summed E-state index contributed by atoms with van der Waals surface area (Å²) in [5, 5.41) is 0. The van der Waals surface area contributed by atoms with Crippen LogP contribution in [0.2, 0.25) is 0 Å². The molecule has 8 nitrogen and oxygen atoms in total. The number of carbonyl (C=O) groups is 1. The minimum Gasteiger partial charge on any atom is -0.496 e. The van der Waals surface area contributed by atoms with Gasteiger partial charge in [-0.1, -0.05) is 12.1 Å². The molecule has 2 aromatic heterocycles. The van der Waals surface area contributed by atoms with Gasteiger partial charge in [0.25, 0.3) is 5.91 Å². The number of rotatable bonds is 5. The van der Waals surface area contributed by atoms with Gasteiger partial charge in [0.2, 0.25) is 0 Å². The number of fused-ring (bicyclic) bond motifs is 2. The number of carbonyl (C=O) groups excluding carboxylic acids is 1. The van der Waals surface area contributed by atoms with Crippen LogP contribution in [0.3, 0.4) is 0 Å². The van der Waals surface area contributed by atoms with Crippen molar-refractivity contribution in [3.63, 3.8) is 0 Å². The minimum atomic E-state index is 0.0413. The fraction of sp³-hybridized carbons (Fsp3) is 0.345. The first-order valence-electron chi connectivity index (χ1n) is 12.7. The molecule has 4 heterocycles. The van der Waals surface area contributed by atoms with E-state index in [9.17, 15) is 4.79 Å². The van der Waals surface area contributed by atoms with Gasteiger partial charge in [-0.25, -0.2) is 9.97 Å². The maximum atomic E-state index is 12.9. The van der Waals surface area contributed by atoms with Crippen LogP contribution in [0.5, 0.6) is 5.75 Å². The molecule has 0 spiro atoms. The molecule has 1 amide bonds. The highest BCUT2D eigenvalue weighted by Crippen LogP contribution is 2.34. The van der Waals surface area contributed by atoms with E-state index >= 15 is 0 Å². The molecule has 4 aromatic rings. The summed E-state index contributed by atoms with van der Waals surface area (Å²) in [4.78, 5) is 30.0. The molecule has 1 saturated heterocycles. The highest BCUT2D eigenvalue weighted by atomic mass is 16.5. The number of amides is 1. The average Bonchev–Trinajstić information content (AvgIpc) is 3.59. The SMILES string of the molecule is COc1cc(-c2cnc3[nH]cc(-c4ccc(C(=O)N5CC[C@H](OC)C5)cc4)c3n2)cc2c1CN(C)CC2. The number of benzene rings is 2. The molecule has 2 aromatic carbocycles. The summed E-state index contributed by atoms with van der Waals surface area (Å²) < 4.78 is 11.2. The lowest BCUT2D eigenvalue weighted by Gasteiger charge is -2.27. The van der Waals surface area contributed by atoms with E-state index in [0.29, 0.717) is 12.1 Å². The van der Waals surface area contributed by atoms with Gasteiger partial charge in [-0.2, -0.15) is 0 Å². The van der Waals surface area contributed by atoms with E-state index in [2.05, 4.69) is 34.0 Å². The number of hydrogen-bond acceptors (Lipinski definition) is 6. The van der Waals surface area contributed by atoms with Crippen molar-refractivity contribution in [1.82, 2.24) is 24.8 Å². The number of methoxy groups -OCH3 is 2. The van der Waals surface area contributed by atoms with Crippen LogP contribution in [0.1, 0.15) is 27.9 Å². The van der Waals surface area contributed by atoms with Crippen molar-refractivity contribution in [1.29, 1.82) is 0 Å². The normalized spacial score (nSPS) is 17.8. The monoisotopic (exact) mass is 497 g/mol. The predicted octanol–water partition coefficient (Wildman–Crippen LogP) is 4.15. The van der Waals surface area contributed by atoms with Crippen molar-refractivity contribution in [3.05, 3.63) is 65.5 Å². The highest BCUT2D eigenvalue weighted by Gasteiger charge is 2.27. The second kappa shape index (κ2) is 9.61. The summed E-state index contributed by atoms with van der Waals surface area (Å²) >= 11 is 0. The zero-order chi connectivity index (χ0) is 25.5. The molecule has 8 heteroatoms. The van der Waals surface area contributed by atoms with Gasteiger partial charge in [0, 0.05) is 61.7 Å². The zero-order valence-corrected chi connectivity index (χ0v) is 21.5. The van der Waals surface area contributed by atoms with Crippen molar-refractivity contribution in [2.45, 2.75) is 25.5 Å². The lowest BCUT2D eigenvalue weighted by Crippen LogP contribution is -2.29. The molecule has 2 aliphatic heterocycles. The first-order valence-corrected chi connectivity index (χ1v) is 12.7. The second-order valence-corrected chi connectivity index (χ2v) is 9.93. The third-order valence-corrected chi connectivity index (χ3v) is 7.60. The van der Waals surface area contributed by atoms with Gasteiger partial charge in [-0.05, 0) is 55.3 Å². The Hall–Kier alpha value is -3.75. The topological polar surface area (TPSA) is 83.6 Å². The van der Waals surface area contributed by atoms with Crippen LogP contribution in [0.25, 0.3) is 33.5 Å². The van der Waals surface area contributed by atoms with Crippen molar-refractivity contribution < 1.29 is 14.3 Å². The largest absolute Gasteiger partial charge is 0.496 e. The summed E-state index contributed by atoms with van der Waals surface area (Å²) in [5.41, 5.74) is 8.51. The summed E-state index contributed by atoms with van der Waals surface area (Å²) in [6, 6.07) is 12.0. The van der Waals surface area contributed by atoms with Crippen molar-refractivity contribution in [2.24, 2.45) is 0 Å².